The molecule has 0 saturated carbocycles. The first-order valence-corrected chi connectivity index (χ1v) is 7.39. The Balaban J connectivity index is 2.32. The van der Waals surface area contributed by atoms with Gasteiger partial charge in [-0.05, 0) is 48.4 Å². The largest absolute Gasteiger partial charge is 0.0651 e. The highest BCUT2D eigenvalue weighted by molar-refractivity contribution is 5.38. The van der Waals surface area contributed by atoms with E-state index in [1.165, 1.54) is 40.7 Å². The fraction of sp³-hybridized carbons (Fsp3) is 0.368. The zero-order valence-electron chi connectivity index (χ0n) is 12.4. The highest BCUT2D eigenvalue weighted by Gasteiger charge is 2.06. The number of hydrogen-bond acceptors (Lipinski definition) is 0. The number of hydrogen-bond donors (Lipinski definition) is 0. The molecule has 0 aliphatic carbocycles. The van der Waals surface area contributed by atoms with E-state index in [9.17, 15) is 0 Å². The van der Waals surface area contributed by atoms with E-state index in [0.717, 1.165) is 12.8 Å². The van der Waals surface area contributed by atoms with Crippen LogP contribution in [0.15, 0.2) is 42.5 Å². The van der Waals surface area contributed by atoms with E-state index in [4.69, 9.17) is 0 Å². The maximum atomic E-state index is 2.35. The zero-order valence-corrected chi connectivity index (χ0v) is 12.4. The van der Waals surface area contributed by atoms with Gasteiger partial charge in [0.15, 0.2) is 0 Å². The van der Waals surface area contributed by atoms with Gasteiger partial charge in [-0.1, -0.05) is 68.3 Å². The molecule has 100 valence electrons. The van der Waals surface area contributed by atoms with Crippen LogP contribution in [0.2, 0.25) is 0 Å². The van der Waals surface area contributed by atoms with Crippen molar-refractivity contribution in [3.8, 4) is 0 Å². The highest BCUT2D eigenvalue weighted by atomic mass is 14.1. The van der Waals surface area contributed by atoms with Crippen molar-refractivity contribution in [2.75, 3.05) is 0 Å². The van der Waals surface area contributed by atoms with E-state index in [-0.39, 0.29) is 0 Å². The van der Waals surface area contributed by atoms with Gasteiger partial charge < -0.3 is 0 Å². The fourth-order valence-corrected chi connectivity index (χ4v) is 2.71. The molecule has 0 N–H and O–H groups in total. The van der Waals surface area contributed by atoms with E-state index in [1.54, 1.807) is 0 Å². The van der Waals surface area contributed by atoms with Gasteiger partial charge in [-0.3, -0.25) is 0 Å². The number of aryl methyl sites for hydroxylation is 3. The monoisotopic (exact) mass is 252 g/mol. The van der Waals surface area contributed by atoms with Crippen molar-refractivity contribution in [1.29, 1.82) is 0 Å². The minimum atomic E-state index is 1.07. The summed E-state index contributed by atoms with van der Waals surface area (Å²) in [6.45, 7) is 6.68. The van der Waals surface area contributed by atoms with E-state index in [2.05, 4.69) is 63.2 Å². The summed E-state index contributed by atoms with van der Waals surface area (Å²) in [6.07, 6.45) is 4.59. The molecule has 0 aromatic heterocycles. The lowest BCUT2D eigenvalue weighted by molar-refractivity contribution is 0.899. The van der Waals surface area contributed by atoms with Crippen molar-refractivity contribution in [1.82, 2.24) is 0 Å². The predicted octanol–water partition coefficient (Wildman–Crippen LogP) is 5.10. The SMILES string of the molecule is CCCc1cc(C)ccc1Cc1ccccc1CC. The summed E-state index contributed by atoms with van der Waals surface area (Å²) in [6, 6.07) is 15.7. The van der Waals surface area contributed by atoms with Gasteiger partial charge in [0, 0.05) is 0 Å². The molecule has 2 aromatic rings. The van der Waals surface area contributed by atoms with Gasteiger partial charge in [-0.25, -0.2) is 0 Å². The van der Waals surface area contributed by atoms with Crippen molar-refractivity contribution < 1.29 is 0 Å². The van der Waals surface area contributed by atoms with Gasteiger partial charge >= 0.3 is 0 Å². The van der Waals surface area contributed by atoms with Gasteiger partial charge in [0.1, 0.15) is 0 Å². The van der Waals surface area contributed by atoms with Crippen LogP contribution in [0, 0.1) is 6.92 Å². The molecule has 0 saturated heterocycles. The van der Waals surface area contributed by atoms with Gasteiger partial charge in [0.25, 0.3) is 0 Å². The number of benzene rings is 2. The molecule has 0 unspecified atom stereocenters. The first-order valence-electron chi connectivity index (χ1n) is 7.39. The standard InChI is InChI=1S/C19H24/c1-4-8-17-13-15(3)11-12-19(17)14-18-10-7-6-9-16(18)5-2/h6-7,9-13H,4-5,8,14H2,1-3H3. The maximum Gasteiger partial charge on any atom is -0.00203 e. The topological polar surface area (TPSA) is 0 Å². The molecular formula is C19H24. The minimum absolute atomic E-state index is 1.07. The Morgan fingerprint density at radius 2 is 1.47 bits per heavy atom. The van der Waals surface area contributed by atoms with Gasteiger partial charge in [0.05, 0.1) is 0 Å². The smallest absolute Gasteiger partial charge is 0.00203 e. The van der Waals surface area contributed by atoms with Crippen molar-refractivity contribution in [3.05, 3.63) is 70.3 Å². The van der Waals surface area contributed by atoms with Crippen LogP contribution in [0.1, 0.15) is 48.1 Å². The van der Waals surface area contributed by atoms with Crippen LogP contribution in [0.25, 0.3) is 0 Å². The van der Waals surface area contributed by atoms with Crippen LogP contribution in [-0.2, 0) is 19.3 Å². The van der Waals surface area contributed by atoms with E-state index in [1.807, 2.05) is 0 Å². The summed E-state index contributed by atoms with van der Waals surface area (Å²) in [5.74, 6) is 0. The van der Waals surface area contributed by atoms with Gasteiger partial charge in [-0.15, -0.1) is 0 Å². The molecule has 0 spiro atoms. The van der Waals surface area contributed by atoms with E-state index in [0.29, 0.717) is 0 Å². The average Bonchev–Trinajstić information content (AvgIpc) is 2.43. The van der Waals surface area contributed by atoms with Crippen molar-refractivity contribution in [3.63, 3.8) is 0 Å². The van der Waals surface area contributed by atoms with Crippen molar-refractivity contribution >= 4 is 0 Å². The van der Waals surface area contributed by atoms with Crippen LogP contribution in [0.3, 0.4) is 0 Å². The fourth-order valence-electron chi connectivity index (χ4n) is 2.71. The van der Waals surface area contributed by atoms with Crippen LogP contribution in [0.5, 0.6) is 0 Å². The summed E-state index contributed by atoms with van der Waals surface area (Å²) in [5, 5.41) is 0. The molecule has 0 heterocycles. The molecule has 0 fully saturated rings. The summed E-state index contributed by atoms with van der Waals surface area (Å²) in [4.78, 5) is 0. The molecule has 0 atom stereocenters. The lowest BCUT2D eigenvalue weighted by Crippen LogP contribution is -1.99. The molecule has 0 heteroatoms. The summed E-state index contributed by atoms with van der Waals surface area (Å²) >= 11 is 0. The highest BCUT2D eigenvalue weighted by Crippen LogP contribution is 2.20. The van der Waals surface area contributed by atoms with Crippen LogP contribution < -0.4 is 0 Å². The maximum absolute atomic E-state index is 2.35. The normalized spacial score (nSPS) is 10.7. The quantitative estimate of drug-likeness (QED) is 0.694. The number of rotatable bonds is 5. The third-order valence-electron chi connectivity index (χ3n) is 3.76. The Kier molecular flexibility index (Phi) is 4.79. The molecule has 0 amide bonds. The molecule has 0 nitrogen and oxygen atoms in total. The lowest BCUT2D eigenvalue weighted by atomic mass is 9.93. The second-order valence-corrected chi connectivity index (χ2v) is 5.32. The summed E-state index contributed by atoms with van der Waals surface area (Å²) in [7, 11) is 0. The zero-order chi connectivity index (χ0) is 13.7. The van der Waals surface area contributed by atoms with Crippen molar-refractivity contribution in [2.45, 2.75) is 46.5 Å². The second-order valence-electron chi connectivity index (χ2n) is 5.32. The van der Waals surface area contributed by atoms with E-state index >= 15 is 0 Å². The van der Waals surface area contributed by atoms with Gasteiger partial charge in [-0.2, -0.15) is 0 Å². The second kappa shape index (κ2) is 6.56. The average molecular weight is 252 g/mol. The third-order valence-corrected chi connectivity index (χ3v) is 3.76. The molecule has 0 aliphatic rings. The first-order chi connectivity index (χ1) is 9.24. The Hall–Kier alpha value is -1.56. The Morgan fingerprint density at radius 3 is 2.16 bits per heavy atom. The molecule has 2 rings (SSSR count). The van der Waals surface area contributed by atoms with Crippen LogP contribution in [0.4, 0.5) is 0 Å². The molecular weight excluding hydrogens is 228 g/mol. The van der Waals surface area contributed by atoms with E-state index < -0.39 is 0 Å². The van der Waals surface area contributed by atoms with Crippen LogP contribution in [-0.4, -0.2) is 0 Å². The summed E-state index contributed by atoms with van der Waals surface area (Å²) < 4.78 is 0. The minimum Gasteiger partial charge on any atom is -0.0651 e. The first kappa shape index (κ1) is 13.9. The molecule has 0 bridgehead atoms. The van der Waals surface area contributed by atoms with Crippen molar-refractivity contribution in [2.24, 2.45) is 0 Å². The third kappa shape index (κ3) is 3.47. The summed E-state index contributed by atoms with van der Waals surface area (Å²) in [5.41, 5.74) is 7.34. The Bertz CT molecular complexity index is 537. The molecule has 2 aromatic carbocycles. The molecule has 19 heavy (non-hydrogen) atoms. The lowest BCUT2D eigenvalue weighted by Gasteiger charge is -2.12. The predicted molar refractivity (Wildman–Crippen MR) is 83.8 cm³/mol. The molecule has 0 radical (unpaired) electrons. The Morgan fingerprint density at radius 1 is 0.789 bits per heavy atom. The molecule has 0 aliphatic heterocycles. The van der Waals surface area contributed by atoms with Crippen LogP contribution >= 0.6 is 0 Å². The van der Waals surface area contributed by atoms with Gasteiger partial charge in [0.2, 0.25) is 0 Å². The Labute approximate surface area is 117 Å².